The van der Waals surface area contributed by atoms with Crippen molar-refractivity contribution >= 4 is 64.5 Å². The maximum absolute atomic E-state index is 13.5. The highest BCUT2D eigenvalue weighted by Crippen LogP contribution is 2.44. The molecule has 8 heteroatoms. The number of hydrogen-bond donors (Lipinski definition) is 0. The van der Waals surface area contributed by atoms with Gasteiger partial charge in [0.05, 0.1) is 0 Å². The molecule has 0 N–H and O–H groups in total. The van der Waals surface area contributed by atoms with E-state index in [0.29, 0.717) is 58.1 Å². The minimum Gasteiger partial charge on any atom is -0.427 e. The van der Waals surface area contributed by atoms with Crippen LogP contribution in [-0.4, -0.2) is 23.9 Å². The second-order valence-corrected chi connectivity index (χ2v) is 14.6. The number of rotatable bonds is 13. The number of benzene rings is 7. The maximum atomic E-state index is 13.5. The first kappa shape index (κ1) is 42.1. The average Bonchev–Trinajstić information content (AvgIpc) is 3.33. The van der Waals surface area contributed by atoms with Gasteiger partial charge in [0.15, 0.2) is 0 Å². The Morgan fingerprint density at radius 2 is 0.844 bits per heavy atom. The Labute approximate surface area is 370 Å². The Bertz CT molecular complexity index is 2980. The van der Waals surface area contributed by atoms with Crippen LogP contribution in [-0.2, 0) is 30.3 Å². The van der Waals surface area contributed by atoms with Crippen LogP contribution in [0.5, 0.6) is 17.2 Å². The van der Waals surface area contributed by atoms with E-state index in [0.717, 1.165) is 33.0 Å². The van der Waals surface area contributed by atoms with E-state index in [2.05, 4.69) is 0 Å². The number of allylic oxidation sites excluding steroid dienone is 1. The molecule has 0 aromatic heterocycles. The normalized spacial score (nSPS) is 12.5. The first-order valence-corrected chi connectivity index (χ1v) is 20.6. The van der Waals surface area contributed by atoms with E-state index in [4.69, 9.17) is 18.9 Å². The fourth-order valence-electron chi connectivity index (χ4n) is 7.15. The van der Waals surface area contributed by atoms with Gasteiger partial charge in [-0.15, -0.1) is 0 Å². The van der Waals surface area contributed by atoms with E-state index in [1.54, 1.807) is 78.9 Å². The van der Waals surface area contributed by atoms with Crippen LogP contribution >= 0.6 is 0 Å². The molecule has 0 saturated heterocycles. The van der Waals surface area contributed by atoms with Gasteiger partial charge in [0.25, 0.3) is 0 Å². The molecule has 64 heavy (non-hydrogen) atoms. The third kappa shape index (κ3) is 11.0. The number of esters is 4. The van der Waals surface area contributed by atoms with Crippen molar-refractivity contribution in [1.82, 2.24) is 0 Å². The van der Waals surface area contributed by atoms with Crippen LogP contribution in [0.2, 0.25) is 0 Å². The predicted octanol–water partition coefficient (Wildman–Crippen LogP) is 11.7. The summed E-state index contributed by atoms with van der Waals surface area (Å²) in [6, 6.07) is 51.7. The van der Waals surface area contributed by atoms with Gasteiger partial charge in [-0.3, -0.25) is 0 Å². The third-order valence-electron chi connectivity index (χ3n) is 10.2. The summed E-state index contributed by atoms with van der Waals surface area (Å²) >= 11 is 0. The standard InChI is InChI=1S/C56H40O8/c57-51(35-23-39-11-3-1-4-12-39)61-45-29-19-41(20-30-45)25-37-53(59)63-49-33-27-43-15-7-9-17-47(43)55(49)56-48-18-10-8-16-44(48)28-34-50(56)64-54(60)38-26-42-21-31-46(32-22-42)62-52(58)36-24-40-13-5-2-6-14-40/h1-27,29-33,35-38H,28,34H2/b35-23+,36-24+,37-25+,38-26+. The molecule has 7 aromatic rings. The summed E-state index contributed by atoms with van der Waals surface area (Å²) < 4.78 is 23.1. The summed E-state index contributed by atoms with van der Waals surface area (Å²) in [6.07, 6.45) is 13.1. The third-order valence-corrected chi connectivity index (χ3v) is 10.2. The summed E-state index contributed by atoms with van der Waals surface area (Å²) in [5.41, 5.74) is 6.35. The number of carbonyl (C=O) groups is 4. The highest BCUT2D eigenvalue weighted by atomic mass is 16.5. The van der Waals surface area contributed by atoms with Crippen LogP contribution in [0.4, 0.5) is 0 Å². The molecular weight excluding hydrogens is 801 g/mol. The zero-order valence-electron chi connectivity index (χ0n) is 34.5. The van der Waals surface area contributed by atoms with Gasteiger partial charge in [-0.1, -0.05) is 140 Å². The molecule has 0 spiro atoms. The van der Waals surface area contributed by atoms with Gasteiger partial charge in [-0.2, -0.15) is 0 Å². The molecule has 8 nitrogen and oxygen atoms in total. The lowest BCUT2D eigenvalue weighted by Crippen LogP contribution is -2.13. The van der Waals surface area contributed by atoms with Gasteiger partial charge < -0.3 is 18.9 Å². The molecule has 0 saturated carbocycles. The second kappa shape index (κ2) is 20.3. The van der Waals surface area contributed by atoms with Crippen molar-refractivity contribution in [2.24, 2.45) is 0 Å². The molecule has 0 fully saturated rings. The van der Waals surface area contributed by atoms with Crippen molar-refractivity contribution < 1.29 is 38.1 Å². The van der Waals surface area contributed by atoms with E-state index < -0.39 is 23.9 Å². The Morgan fingerprint density at radius 3 is 1.41 bits per heavy atom. The van der Waals surface area contributed by atoms with Crippen LogP contribution in [0.1, 0.15) is 45.4 Å². The van der Waals surface area contributed by atoms with Gasteiger partial charge in [0.1, 0.15) is 23.0 Å². The Kier molecular flexibility index (Phi) is 13.3. The molecule has 8 rings (SSSR count). The van der Waals surface area contributed by atoms with Crippen molar-refractivity contribution in [3.05, 3.63) is 239 Å². The molecule has 0 amide bonds. The monoisotopic (exact) mass is 840 g/mol. The number of aryl methyl sites for hydroxylation is 1. The molecule has 0 aliphatic heterocycles. The second-order valence-electron chi connectivity index (χ2n) is 14.6. The Balaban J connectivity index is 0.991. The Morgan fingerprint density at radius 1 is 0.391 bits per heavy atom. The van der Waals surface area contributed by atoms with Gasteiger partial charge in [0, 0.05) is 41.9 Å². The van der Waals surface area contributed by atoms with E-state index in [1.807, 2.05) is 115 Å². The lowest BCUT2D eigenvalue weighted by atomic mass is 9.83. The first-order valence-electron chi connectivity index (χ1n) is 20.6. The number of ether oxygens (including phenoxy) is 4. The zero-order chi connectivity index (χ0) is 44.1. The van der Waals surface area contributed by atoms with Crippen LogP contribution in [0.3, 0.4) is 0 Å². The summed E-state index contributed by atoms with van der Waals surface area (Å²) in [6.45, 7) is 0. The van der Waals surface area contributed by atoms with E-state index in [9.17, 15) is 19.2 Å². The smallest absolute Gasteiger partial charge is 0.336 e. The quantitative estimate of drug-likeness (QED) is 0.0642. The van der Waals surface area contributed by atoms with E-state index >= 15 is 0 Å². The maximum Gasteiger partial charge on any atom is 0.336 e. The van der Waals surface area contributed by atoms with Gasteiger partial charge in [0.2, 0.25) is 0 Å². The van der Waals surface area contributed by atoms with Crippen LogP contribution in [0, 0.1) is 0 Å². The van der Waals surface area contributed by atoms with Crippen LogP contribution in [0.15, 0.2) is 200 Å². The minimum absolute atomic E-state index is 0.298. The predicted molar refractivity (Wildman–Crippen MR) is 250 cm³/mol. The summed E-state index contributed by atoms with van der Waals surface area (Å²) in [5.74, 6) is -0.755. The number of carbonyl (C=O) groups excluding carboxylic acids is 4. The molecule has 0 unspecified atom stereocenters. The van der Waals surface area contributed by atoms with Crippen molar-refractivity contribution in [3.63, 3.8) is 0 Å². The summed E-state index contributed by atoms with van der Waals surface area (Å²) in [4.78, 5) is 51.8. The van der Waals surface area contributed by atoms with Crippen LogP contribution < -0.4 is 14.2 Å². The summed E-state index contributed by atoms with van der Waals surface area (Å²) in [5, 5.41) is 1.72. The fourth-order valence-corrected chi connectivity index (χ4v) is 7.15. The van der Waals surface area contributed by atoms with Crippen LogP contribution in [0.25, 0.3) is 40.6 Å². The number of hydrogen-bond acceptors (Lipinski definition) is 8. The first-order chi connectivity index (χ1) is 31.3. The number of fused-ring (bicyclic) bond motifs is 2. The molecule has 0 radical (unpaired) electrons. The fraction of sp³-hybridized carbons (Fsp3) is 0.0357. The van der Waals surface area contributed by atoms with Crippen molar-refractivity contribution in [1.29, 1.82) is 0 Å². The lowest BCUT2D eigenvalue weighted by molar-refractivity contribution is -0.134. The molecule has 0 atom stereocenters. The van der Waals surface area contributed by atoms with E-state index in [1.165, 1.54) is 24.3 Å². The molecule has 0 heterocycles. The highest BCUT2D eigenvalue weighted by molar-refractivity contribution is 6.03. The largest absolute Gasteiger partial charge is 0.427 e. The molecule has 0 bridgehead atoms. The summed E-state index contributed by atoms with van der Waals surface area (Å²) in [7, 11) is 0. The van der Waals surface area contributed by atoms with Gasteiger partial charge in [-0.25, -0.2) is 19.2 Å². The van der Waals surface area contributed by atoms with E-state index in [-0.39, 0.29) is 0 Å². The van der Waals surface area contributed by atoms with Gasteiger partial charge in [-0.05, 0) is 105 Å². The molecule has 1 aliphatic rings. The van der Waals surface area contributed by atoms with Crippen molar-refractivity contribution in [3.8, 4) is 17.2 Å². The zero-order valence-corrected chi connectivity index (χ0v) is 34.5. The molecule has 312 valence electrons. The van der Waals surface area contributed by atoms with Gasteiger partial charge >= 0.3 is 23.9 Å². The molecule has 1 aliphatic carbocycles. The highest BCUT2D eigenvalue weighted by Gasteiger charge is 2.27. The topological polar surface area (TPSA) is 105 Å². The average molecular weight is 841 g/mol. The van der Waals surface area contributed by atoms with Crippen molar-refractivity contribution in [2.75, 3.05) is 0 Å². The minimum atomic E-state index is -0.617. The van der Waals surface area contributed by atoms with Crippen molar-refractivity contribution in [2.45, 2.75) is 12.8 Å². The molecular formula is C56H40O8. The molecule has 7 aromatic carbocycles. The lowest BCUT2D eigenvalue weighted by Gasteiger charge is -2.25. The SMILES string of the molecule is O=C(/C=C/c1ccc(OC(=O)/C=C/c2ccccc2)cc1)OC1=C(c2c(OC(=O)/C=C/c3ccc(OC(=O)/C=C/c4ccccc4)cc3)ccc3ccccc23)c2ccccc2CC1. The Hall–Kier alpha value is -8.62.